The SMILES string of the molecule is O=C1CCC(=O)N1c1ccc2nc(Nc3cc(CN4CCCC(F)(F)C4)cc(NC4CCC(O)CC4)n3)sc2c1. The number of hydrogen-bond acceptors (Lipinski definition) is 9. The van der Waals surface area contributed by atoms with Gasteiger partial charge in [0, 0.05) is 31.8 Å². The number of carbonyl (C=O) groups is 2. The van der Waals surface area contributed by atoms with Crippen LogP contribution in [0, 0.1) is 0 Å². The Kier molecular flexibility index (Phi) is 7.41. The number of thiazole rings is 1. The van der Waals surface area contributed by atoms with E-state index in [1.165, 1.54) is 16.2 Å². The molecular formula is C28H32F2N6O3S. The maximum absolute atomic E-state index is 14.1. The molecule has 2 aliphatic heterocycles. The highest BCUT2D eigenvalue weighted by atomic mass is 32.1. The van der Waals surface area contributed by atoms with Gasteiger partial charge in [-0.25, -0.2) is 18.7 Å². The zero-order valence-electron chi connectivity index (χ0n) is 22.0. The molecule has 3 fully saturated rings. The zero-order chi connectivity index (χ0) is 27.9. The highest BCUT2D eigenvalue weighted by Gasteiger charge is 2.35. The number of rotatable bonds is 7. The lowest BCUT2D eigenvalue weighted by molar-refractivity contribution is -0.121. The molecule has 2 aromatic heterocycles. The molecule has 40 heavy (non-hydrogen) atoms. The Balaban J connectivity index is 1.24. The van der Waals surface area contributed by atoms with Gasteiger partial charge in [0.05, 0.1) is 28.6 Å². The summed E-state index contributed by atoms with van der Waals surface area (Å²) in [6.07, 6.45) is 3.68. The summed E-state index contributed by atoms with van der Waals surface area (Å²) in [7, 11) is 0. The highest BCUT2D eigenvalue weighted by molar-refractivity contribution is 7.22. The number of alkyl halides is 2. The first kappa shape index (κ1) is 27.0. The smallest absolute Gasteiger partial charge is 0.260 e. The lowest BCUT2D eigenvalue weighted by atomic mass is 9.93. The molecule has 3 aliphatic rings. The van der Waals surface area contributed by atoms with Gasteiger partial charge in [-0.05, 0) is 74.5 Å². The number of aliphatic hydroxyl groups excluding tert-OH is 1. The predicted molar refractivity (Wildman–Crippen MR) is 150 cm³/mol. The number of amides is 2. The summed E-state index contributed by atoms with van der Waals surface area (Å²) in [5.41, 5.74) is 2.13. The van der Waals surface area contributed by atoms with Crippen molar-refractivity contribution in [2.75, 3.05) is 28.6 Å². The standard InChI is InChI=1S/C28H32F2N6O3S/c29-28(30)10-1-11-35(16-28)15-17-12-23(31-18-2-5-20(37)6-3-18)33-24(13-17)34-27-32-21-7-4-19(14-22(21)40-27)36-25(38)8-9-26(36)39/h4,7,12-14,18,20,37H,1-3,5-6,8-11,15-16H2,(H2,31,32,33,34). The monoisotopic (exact) mass is 570 g/mol. The van der Waals surface area contributed by atoms with Crippen molar-refractivity contribution in [2.45, 2.75) is 76.0 Å². The van der Waals surface area contributed by atoms with Crippen LogP contribution in [0.25, 0.3) is 10.2 Å². The number of likely N-dealkylation sites (tertiary alicyclic amines) is 1. The predicted octanol–water partition coefficient (Wildman–Crippen LogP) is 5.03. The second kappa shape index (κ2) is 11.0. The molecule has 12 heteroatoms. The topological polar surface area (TPSA) is 111 Å². The van der Waals surface area contributed by atoms with Crippen LogP contribution in [0.2, 0.25) is 0 Å². The molecule has 1 aromatic carbocycles. The third kappa shape index (κ3) is 6.08. The molecule has 0 radical (unpaired) electrons. The number of fused-ring (bicyclic) bond motifs is 1. The summed E-state index contributed by atoms with van der Waals surface area (Å²) in [5, 5.41) is 17.2. The van der Waals surface area contributed by atoms with Gasteiger partial charge in [-0.2, -0.15) is 0 Å². The molecule has 0 bridgehead atoms. The van der Waals surface area contributed by atoms with Crippen LogP contribution in [-0.2, 0) is 16.1 Å². The molecule has 1 saturated carbocycles. The molecule has 2 saturated heterocycles. The molecular weight excluding hydrogens is 538 g/mol. The Morgan fingerprint density at radius 2 is 1.77 bits per heavy atom. The number of hydrogen-bond donors (Lipinski definition) is 3. The quantitative estimate of drug-likeness (QED) is 0.339. The van der Waals surface area contributed by atoms with Gasteiger partial charge in [-0.3, -0.25) is 19.4 Å². The molecule has 0 atom stereocenters. The minimum Gasteiger partial charge on any atom is -0.393 e. The average Bonchev–Trinajstić information content (AvgIpc) is 3.45. The maximum Gasteiger partial charge on any atom is 0.260 e. The van der Waals surface area contributed by atoms with Crippen molar-refractivity contribution in [3.8, 4) is 0 Å². The fourth-order valence-corrected chi connectivity index (χ4v) is 6.67. The van der Waals surface area contributed by atoms with E-state index >= 15 is 0 Å². The summed E-state index contributed by atoms with van der Waals surface area (Å²) >= 11 is 1.38. The van der Waals surface area contributed by atoms with Crippen molar-refractivity contribution < 1.29 is 23.5 Å². The van der Waals surface area contributed by atoms with Crippen molar-refractivity contribution in [3.63, 3.8) is 0 Å². The number of anilines is 4. The van der Waals surface area contributed by atoms with Crippen molar-refractivity contribution in [3.05, 3.63) is 35.9 Å². The van der Waals surface area contributed by atoms with Gasteiger partial charge in [-0.15, -0.1) is 0 Å². The van der Waals surface area contributed by atoms with Crippen LogP contribution in [-0.4, -0.2) is 62.9 Å². The summed E-state index contributed by atoms with van der Waals surface area (Å²) in [6.45, 7) is 0.738. The number of carbonyl (C=O) groups excluding carboxylic acids is 2. The van der Waals surface area contributed by atoms with E-state index in [9.17, 15) is 23.5 Å². The van der Waals surface area contributed by atoms with Crippen LogP contribution in [0.3, 0.4) is 0 Å². The van der Waals surface area contributed by atoms with E-state index in [4.69, 9.17) is 4.98 Å². The van der Waals surface area contributed by atoms with Crippen molar-refractivity contribution in [2.24, 2.45) is 0 Å². The number of nitrogens with zero attached hydrogens (tertiary/aromatic N) is 4. The molecule has 212 valence electrons. The van der Waals surface area contributed by atoms with Gasteiger partial charge in [0.1, 0.15) is 11.6 Å². The zero-order valence-corrected chi connectivity index (χ0v) is 22.9. The van der Waals surface area contributed by atoms with Gasteiger partial charge in [0.15, 0.2) is 5.13 Å². The molecule has 3 aromatic rings. The molecule has 9 nitrogen and oxygen atoms in total. The van der Waals surface area contributed by atoms with Crippen LogP contribution < -0.4 is 15.5 Å². The number of aliphatic hydroxyl groups is 1. The summed E-state index contributed by atoms with van der Waals surface area (Å²) in [6, 6.07) is 9.26. The number of aromatic nitrogens is 2. The van der Waals surface area contributed by atoms with Crippen LogP contribution in [0.5, 0.6) is 0 Å². The second-order valence-electron chi connectivity index (χ2n) is 11.0. The van der Waals surface area contributed by atoms with Crippen molar-refractivity contribution in [1.82, 2.24) is 14.9 Å². The number of halogens is 2. The van der Waals surface area contributed by atoms with Crippen LogP contribution in [0.15, 0.2) is 30.3 Å². The fraction of sp³-hybridized carbons (Fsp3) is 0.500. The Morgan fingerprint density at radius 3 is 2.52 bits per heavy atom. The van der Waals surface area contributed by atoms with E-state index in [0.29, 0.717) is 42.0 Å². The number of pyridine rings is 1. The van der Waals surface area contributed by atoms with Gasteiger partial charge < -0.3 is 15.7 Å². The van der Waals surface area contributed by atoms with Crippen LogP contribution in [0.1, 0.15) is 56.9 Å². The van der Waals surface area contributed by atoms with Gasteiger partial charge in [0.2, 0.25) is 11.8 Å². The molecule has 0 unspecified atom stereocenters. The largest absolute Gasteiger partial charge is 0.393 e. The minimum absolute atomic E-state index is 0.0770. The lowest BCUT2D eigenvalue weighted by Crippen LogP contribution is -2.42. The van der Waals surface area contributed by atoms with Crippen molar-refractivity contribution in [1.29, 1.82) is 0 Å². The summed E-state index contributed by atoms with van der Waals surface area (Å²) in [4.78, 5) is 36.8. The van der Waals surface area contributed by atoms with Gasteiger partial charge in [-0.1, -0.05) is 11.3 Å². The Labute approximate surface area is 234 Å². The number of imide groups is 1. The molecule has 3 N–H and O–H groups in total. The maximum atomic E-state index is 14.1. The first-order chi connectivity index (χ1) is 19.2. The number of benzene rings is 1. The first-order valence-electron chi connectivity index (χ1n) is 13.8. The number of nitrogens with one attached hydrogen (secondary N) is 2. The van der Waals surface area contributed by atoms with E-state index in [1.807, 2.05) is 12.1 Å². The Bertz CT molecular complexity index is 1410. The molecule has 4 heterocycles. The van der Waals surface area contributed by atoms with Crippen LogP contribution >= 0.6 is 11.3 Å². The van der Waals surface area contributed by atoms with Gasteiger partial charge >= 0.3 is 0 Å². The van der Waals surface area contributed by atoms with Crippen molar-refractivity contribution >= 4 is 55.8 Å². The normalized spacial score (nSPS) is 23.6. The Morgan fingerprint density at radius 1 is 1.02 bits per heavy atom. The Hall–Kier alpha value is -3.22. The second-order valence-corrected chi connectivity index (χ2v) is 12.0. The number of piperidine rings is 1. The summed E-state index contributed by atoms with van der Waals surface area (Å²) in [5.74, 6) is -1.89. The van der Waals surface area contributed by atoms with E-state index < -0.39 is 5.92 Å². The van der Waals surface area contributed by atoms with E-state index in [2.05, 4.69) is 15.6 Å². The van der Waals surface area contributed by atoms with Gasteiger partial charge in [0.25, 0.3) is 5.92 Å². The third-order valence-electron chi connectivity index (χ3n) is 7.73. The first-order valence-corrected chi connectivity index (χ1v) is 14.6. The molecule has 6 rings (SSSR count). The highest BCUT2D eigenvalue weighted by Crippen LogP contribution is 2.34. The molecule has 2 amide bonds. The lowest BCUT2D eigenvalue weighted by Gasteiger charge is -2.32. The van der Waals surface area contributed by atoms with E-state index in [-0.39, 0.29) is 49.8 Å². The fourth-order valence-electron chi connectivity index (χ4n) is 5.77. The van der Waals surface area contributed by atoms with E-state index in [1.54, 1.807) is 23.1 Å². The average molecular weight is 571 g/mol. The van der Waals surface area contributed by atoms with Crippen LogP contribution in [0.4, 0.5) is 31.2 Å². The third-order valence-corrected chi connectivity index (χ3v) is 8.66. The van der Waals surface area contributed by atoms with E-state index in [0.717, 1.165) is 41.5 Å². The summed E-state index contributed by atoms with van der Waals surface area (Å²) < 4.78 is 29.0. The molecule has 1 aliphatic carbocycles. The molecule has 0 spiro atoms. The minimum atomic E-state index is -2.68.